The predicted molar refractivity (Wildman–Crippen MR) is 54.2 cm³/mol. The highest BCUT2D eigenvalue weighted by molar-refractivity contribution is 5.76. The molecule has 0 aromatic heterocycles. The number of guanidine groups is 1. The van der Waals surface area contributed by atoms with Gasteiger partial charge in [0.15, 0.2) is 0 Å². The Labute approximate surface area is 82.4 Å². The van der Waals surface area contributed by atoms with Gasteiger partial charge < -0.3 is 5.73 Å². The lowest BCUT2D eigenvalue weighted by molar-refractivity contribution is 0.232. The number of hydrogen-bond acceptors (Lipinski definition) is 2. The summed E-state index contributed by atoms with van der Waals surface area (Å²) in [5, 5.41) is 8.51. The fraction of sp³-hybridized carbons (Fsp3) is 0.300. The van der Waals surface area contributed by atoms with Crippen LogP contribution in [0.3, 0.4) is 0 Å². The summed E-state index contributed by atoms with van der Waals surface area (Å²) in [6, 6.07) is 8.42. The molecule has 1 aromatic rings. The van der Waals surface area contributed by atoms with Crippen LogP contribution >= 0.6 is 0 Å². The van der Waals surface area contributed by atoms with E-state index in [0.717, 1.165) is 12.8 Å². The fourth-order valence-corrected chi connectivity index (χ4v) is 1.85. The molecular weight excluding hydrogens is 178 g/mol. The van der Waals surface area contributed by atoms with Gasteiger partial charge in [0, 0.05) is 0 Å². The van der Waals surface area contributed by atoms with Crippen LogP contribution in [0.5, 0.6) is 0 Å². The van der Waals surface area contributed by atoms with E-state index in [-0.39, 0.29) is 12.0 Å². The van der Waals surface area contributed by atoms with E-state index >= 15 is 0 Å². The molecule has 1 aromatic carbocycles. The van der Waals surface area contributed by atoms with Crippen LogP contribution in [-0.4, -0.2) is 17.2 Å². The molecule has 0 saturated heterocycles. The van der Waals surface area contributed by atoms with E-state index in [1.165, 1.54) is 11.1 Å². The molecule has 0 unspecified atom stereocenters. The van der Waals surface area contributed by atoms with Crippen LogP contribution in [0.1, 0.15) is 11.1 Å². The van der Waals surface area contributed by atoms with Gasteiger partial charge in [0.1, 0.15) is 0 Å². The number of nitrogens with two attached hydrogens (primary N) is 1. The molecule has 74 valence electrons. The number of aliphatic imine (C=N–C) groups is 1. The van der Waals surface area contributed by atoms with Gasteiger partial charge in [0.05, 0.1) is 6.04 Å². The fourth-order valence-electron chi connectivity index (χ4n) is 1.85. The van der Waals surface area contributed by atoms with Gasteiger partial charge in [-0.05, 0) is 24.0 Å². The third kappa shape index (κ3) is 1.70. The number of nitrogens with one attached hydrogen (secondary N) is 1. The van der Waals surface area contributed by atoms with Crippen LogP contribution in [0.2, 0.25) is 0 Å². The molecule has 0 aliphatic heterocycles. The highest BCUT2D eigenvalue weighted by atomic mass is 16.5. The second-order valence-electron chi connectivity index (χ2n) is 3.46. The topological polar surface area (TPSA) is 70.6 Å². The van der Waals surface area contributed by atoms with E-state index < -0.39 is 0 Å². The average molecular weight is 191 g/mol. The lowest BCUT2D eigenvalue weighted by Crippen LogP contribution is -2.30. The van der Waals surface area contributed by atoms with Crippen LogP contribution in [0.25, 0.3) is 0 Å². The van der Waals surface area contributed by atoms with Gasteiger partial charge in [-0.3, -0.25) is 5.21 Å². The third-order valence-electron chi connectivity index (χ3n) is 2.47. The molecule has 0 amide bonds. The average Bonchev–Trinajstić information content (AvgIpc) is 2.59. The summed E-state index contributed by atoms with van der Waals surface area (Å²) in [5.74, 6) is 0.0859. The van der Waals surface area contributed by atoms with Crippen molar-refractivity contribution < 1.29 is 5.21 Å². The first-order valence-corrected chi connectivity index (χ1v) is 4.60. The SMILES string of the molecule is NC(=NC1Cc2ccccc2C1)NO. The Morgan fingerprint density at radius 2 is 1.93 bits per heavy atom. The van der Waals surface area contributed by atoms with E-state index in [1.54, 1.807) is 0 Å². The molecule has 0 atom stereocenters. The van der Waals surface area contributed by atoms with E-state index in [0.29, 0.717) is 0 Å². The van der Waals surface area contributed by atoms with E-state index in [4.69, 9.17) is 10.9 Å². The van der Waals surface area contributed by atoms with E-state index in [1.807, 2.05) is 17.6 Å². The number of hydrogen-bond donors (Lipinski definition) is 3. The van der Waals surface area contributed by atoms with Gasteiger partial charge in [-0.25, -0.2) is 10.5 Å². The van der Waals surface area contributed by atoms with Gasteiger partial charge in [-0.15, -0.1) is 0 Å². The maximum atomic E-state index is 8.51. The lowest BCUT2D eigenvalue weighted by Gasteiger charge is -2.03. The largest absolute Gasteiger partial charge is 0.368 e. The molecule has 14 heavy (non-hydrogen) atoms. The Hall–Kier alpha value is -1.55. The smallest absolute Gasteiger partial charge is 0.213 e. The first-order chi connectivity index (χ1) is 6.79. The first-order valence-electron chi connectivity index (χ1n) is 4.60. The van der Waals surface area contributed by atoms with Gasteiger partial charge in [0.25, 0.3) is 0 Å². The van der Waals surface area contributed by atoms with Gasteiger partial charge in [-0.2, -0.15) is 0 Å². The number of hydroxylamine groups is 1. The molecule has 0 spiro atoms. The zero-order chi connectivity index (χ0) is 9.97. The molecule has 2 rings (SSSR count). The summed E-state index contributed by atoms with van der Waals surface area (Å²) in [4.78, 5) is 4.14. The van der Waals surface area contributed by atoms with E-state index in [2.05, 4.69) is 17.1 Å². The maximum Gasteiger partial charge on any atom is 0.213 e. The van der Waals surface area contributed by atoms with Crippen molar-refractivity contribution in [3.63, 3.8) is 0 Å². The van der Waals surface area contributed by atoms with Crippen LogP contribution in [0.15, 0.2) is 29.3 Å². The summed E-state index contributed by atoms with van der Waals surface area (Å²) >= 11 is 0. The second kappa shape index (κ2) is 3.67. The summed E-state index contributed by atoms with van der Waals surface area (Å²) in [6.45, 7) is 0. The van der Waals surface area contributed by atoms with Crippen LogP contribution < -0.4 is 11.2 Å². The minimum absolute atomic E-state index is 0.0859. The quantitative estimate of drug-likeness (QED) is 0.343. The van der Waals surface area contributed by atoms with Crippen molar-refractivity contribution in [2.24, 2.45) is 10.7 Å². The van der Waals surface area contributed by atoms with Crippen molar-refractivity contribution in [2.75, 3.05) is 0 Å². The zero-order valence-electron chi connectivity index (χ0n) is 7.77. The van der Waals surface area contributed by atoms with Crippen molar-refractivity contribution in [3.05, 3.63) is 35.4 Å². The molecule has 0 bridgehead atoms. The highest BCUT2D eigenvalue weighted by Crippen LogP contribution is 2.23. The molecule has 4 nitrogen and oxygen atoms in total. The molecule has 1 aliphatic carbocycles. The van der Waals surface area contributed by atoms with Crippen LogP contribution in [0, 0.1) is 0 Å². The highest BCUT2D eigenvalue weighted by Gasteiger charge is 2.20. The first kappa shape index (κ1) is 9.02. The standard InChI is InChI=1S/C10H13N3O/c11-10(13-14)12-9-5-7-3-1-2-4-8(7)6-9/h1-4,9,14H,5-6H2,(H3,11,12,13). The molecule has 0 heterocycles. The van der Waals surface area contributed by atoms with Gasteiger partial charge in [-0.1, -0.05) is 24.3 Å². The maximum absolute atomic E-state index is 8.51. The van der Waals surface area contributed by atoms with E-state index in [9.17, 15) is 0 Å². The molecule has 1 aliphatic rings. The Balaban J connectivity index is 2.12. The van der Waals surface area contributed by atoms with Crippen molar-refractivity contribution in [1.29, 1.82) is 0 Å². The zero-order valence-corrected chi connectivity index (χ0v) is 7.77. The van der Waals surface area contributed by atoms with Crippen molar-refractivity contribution >= 4 is 5.96 Å². The third-order valence-corrected chi connectivity index (χ3v) is 2.47. The molecule has 0 saturated carbocycles. The molecule has 0 radical (unpaired) electrons. The molecule has 4 heteroatoms. The Morgan fingerprint density at radius 3 is 2.43 bits per heavy atom. The Morgan fingerprint density at radius 1 is 1.36 bits per heavy atom. The monoisotopic (exact) mass is 191 g/mol. The van der Waals surface area contributed by atoms with Crippen LogP contribution in [-0.2, 0) is 12.8 Å². The second-order valence-corrected chi connectivity index (χ2v) is 3.46. The number of benzene rings is 1. The number of nitrogens with zero attached hydrogens (tertiary/aromatic N) is 1. The molecule has 0 fully saturated rings. The van der Waals surface area contributed by atoms with Crippen molar-refractivity contribution in [1.82, 2.24) is 5.48 Å². The normalized spacial score (nSPS) is 16.8. The predicted octanol–water partition coefficient (Wildman–Crippen LogP) is 0.447. The minimum Gasteiger partial charge on any atom is -0.368 e. The summed E-state index contributed by atoms with van der Waals surface area (Å²) in [7, 11) is 0. The lowest BCUT2D eigenvalue weighted by atomic mass is 10.1. The minimum atomic E-state index is 0.0859. The van der Waals surface area contributed by atoms with Gasteiger partial charge >= 0.3 is 0 Å². The Bertz CT molecular complexity index is 337. The van der Waals surface area contributed by atoms with Crippen molar-refractivity contribution in [3.8, 4) is 0 Å². The van der Waals surface area contributed by atoms with Crippen LogP contribution in [0.4, 0.5) is 0 Å². The number of rotatable bonds is 1. The number of fused-ring (bicyclic) bond motifs is 1. The molecular formula is C10H13N3O. The summed E-state index contributed by atoms with van der Waals surface area (Å²) < 4.78 is 0. The summed E-state index contributed by atoms with van der Waals surface area (Å²) in [6.07, 6.45) is 1.80. The molecule has 4 N–H and O–H groups in total. The van der Waals surface area contributed by atoms with Gasteiger partial charge in [0.2, 0.25) is 5.96 Å². The summed E-state index contributed by atoms with van der Waals surface area (Å²) in [5.41, 5.74) is 9.87. The Kier molecular flexibility index (Phi) is 2.37. The van der Waals surface area contributed by atoms with Crippen molar-refractivity contribution in [2.45, 2.75) is 18.9 Å².